The van der Waals surface area contributed by atoms with Crippen LogP contribution in [-0.4, -0.2) is 45.7 Å². The second-order valence-corrected chi connectivity index (χ2v) is 8.12. The molecule has 0 radical (unpaired) electrons. The van der Waals surface area contributed by atoms with Gasteiger partial charge in [-0.2, -0.15) is 10.2 Å². The highest BCUT2D eigenvalue weighted by molar-refractivity contribution is 5.87. The maximum Gasteiger partial charge on any atom is 0.146 e. The topological polar surface area (TPSA) is 81.1 Å². The van der Waals surface area contributed by atoms with Crippen molar-refractivity contribution in [2.45, 2.75) is 32.2 Å². The molecule has 0 amide bonds. The highest BCUT2D eigenvalue weighted by Gasteiger charge is 2.42. The van der Waals surface area contributed by atoms with Crippen molar-refractivity contribution in [3.05, 3.63) is 54.1 Å². The summed E-state index contributed by atoms with van der Waals surface area (Å²) in [5.41, 5.74) is 4.54. The fraction of sp³-hybridized carbons (Fsp3) is 0.348. The highest BCUT2D eigenvalue weighted by atomic mass is 16.5. The highest BCUT2D eigenvalue weighted by Crippen LogP contribution is 2.44. The molecule has 0 saturated carbocycles. The summed E-state index contributed by atoms with van der Waals surface area (Å²) in [6, 6.07) is 10.2. The van der Waals surface area contributed by atoms with Crippen LogP contribution >= 0.6 is 0 Å². The molecule has 2 aromatic carbocycles. The SMILES string of the molecule is COc1ccc(OC)c2[nH]c([C@]3(C)CCCN3c3cc(C)ccc3-n3nccn3)nc12. The fourth-order valence-corrected chi connectivity index (χ4v) is 4.59. The van der Waals surface area contributed by atoms with Crippen LogP contribution < -0.4 is 14.4 Å². The summed E-state index contributed by atoms with van der Waals surface area (Å²) in [7, 11) is 3.33. The van der Waals surface area contributed by atoms with Gasteiger partial charge in [-0.15, -0.1) is 4.80 Å². The lowest BCUT2D eigenvalue weighted by molar-refractivity contribution is 0.409. The van der Waals surface area contributed by atoms with Gasteiger partial charge < -0.3 is 19.4 Å². The number of hydrogen-bond donors (Lipinski definition) is 1. The number of imidazole rings is 1. The summed E-state index contributed by atoms with van der Waals surface area (Å²) >= 11 is 0. The second kappa shape index (κ2) is 7.30. The third-order valence-electron chi connectivity index (χ3n) is 6.22. The largest absolute Gasteiger partial charge is 0.494 e. The Hall–Kier alpha value is -3.55. The van der Waals surface area contributed by atoms with Crippen LogP contribution in [-0.2, 0) is 5.54 Å². The minimum Gasteiger partial charge on any atom is -0.494 e. The molecule has 8 nitrogen and oxygen atoms in total. The Balaban J connectivity index is 1.67. The number of benzene rings is 2. The van der Waals surface area contributed by atoms with E-state index in [0.29, 0.717) is 0 Å². The lowest BCUT2D eigenvalue weighted by atomic mass is 9.97. The predicted octanol–water partition coefficient (Wildman–Crippen LogP) is 3.98. The molecule has 1 aliphatic rings. The smallest absolute Gasteiger partial charge is 0.146 e. The Bertz CT molecular complexity index is 1190. The van der Waals surface area contributed by atoms with E-state index in [2.05, 4.69) is 52.1 Å². The van der Waals surface area contributed by atoms with Crippen molar-refractivity contribution in [1.29, 1.82) is 0 Å². The number of fused-ring (bicyclic) bond motifs is 1. The maximum atomic E-state index is 5.57. The van der Waals surface area contributed by atoms with Crippen molar-refractivity contribution in [2.24, 2.45) is 0 Å². The third-order valence-corrected chi connectivity index (χ3v) is 6.22. The number of H-pyrrole nitrogens is 1. The molecule has 5 rings (SSSR count). The first kappa shape index (κ1) is 19.4. The van der Waals surface area contributed by atoms with Crippen molar-refractivity contribution in [3.8, 4) is 17.2 Å². The molecule has 3 heterocycles. The molecule has 1 fully saturated rings. The molecule has 0 aliphatic carbocycles. The molecule has 8 heteroatoms. The molecule has 1 N–H and O–H groups in total. The number of rotatable bonds is 5. The number of nitrogens with one attached hydrogen (secondary N) is 1. The third kappa shape index (κ3) is 3.01. The van der Waals surface area contributed by atoms with Gasteiger partial charge >= 0.3 is 0 Å². The molecule has 0 bridgehead atoms. The van der Waals surface area contributed by atoms with Crippen LogP contribution in [0.3, 0.4) is 0 Å². The Labute approximate surface area is 180 Å². The number of hydrogen-bond acceptors (Lipinski definition) is 6. The van der Waals surface area contributed by atoms with Crippen LogP contribution in [0.2, 0.25) is 0 Å². The number of aromatic nitrogens is 5. The first-order valence-electron chi connectivity index (χ1n) is 10.4. The van der Waals surface area contributed by atoms with E-state index >= 15 is 0 Å². The Kier molecular flexibility index (Phi) is 4.57. The van der Waals surface area contributed by atoms with Crippen LogP contribution in [0.15, 0.2) is 42.7 Å². The van der Waals surface area contributed by atoms with Gasteiger partial charge in [-0.25, -0.2) is 4.98 Å². The standard InChI is InChI=1S/C23H26N6O2/c1-15-6-7-16(29-24-11-12-25-29)17(14-15)28-13-5-10-23(28,2)22-26-20-18(30-3)8-9-19(31-4)21(20)27-22/h6-9,11-12,14H,5,10,13H2,1-4H3,(H,26,27)/t23-/m0/s1. The van der Waals surface area contributed by atoms with Gasteiger partial charge in [0, 0.05) is 6.54 Å². The molecule has 0 spiro atoms. The Morgan fingerprint density at radius 3 is 2.48 bits per heavy atom. The van der Waals surface area contributed by atoms with Gasteiger partial charge in [0.25, 0.3) is 0 Å². The zero-order chi connectivity index (χ0) is 21.6. The fourth-order valence-electron chi connectivity index (χ4n) is 4.59. The van der Waals surface area contributed by atoms with Gasteiger partial charge in [0.15, 0.2) is 0 Å². The lowest BCUT2D eigenvalue weighted by Crippen LogP contribution is -2.40. The number of nitrogens with zero attached hydrogens (tertiary/aromatic N) is 5. The van der Waals surface area contributed by atoms with Crippen molar-refractivity contribution >= 4 is 16.7 Å². The van der Waals surface area contributed by atoms with Crippen LogP contribution in [0, 0.1) is 6.92 Å². The molecule has 31 heavy (non-hydrogen) atoms. The molecule has 2 aromatic heterocycles. The van der Waals surface area contributed by atoms with E-state index in [1.165, 1.54) is 5.56 Å². The van der Waals surface area contributed by atoms with Crippen molar-refractivity contribution in [1.82, 2.24) is 25.0 Å². The minimum atomic E-state index is -0.329. The zero-order valence-electron chi connectivity index (χ0n) is 18.2. The van der Waals surface area contributed by atoms with E-state index in [9.17, 15) is 0 Å². The first-order chi connectivity index (χ1) is 15.0. The van der Waals surface area contributed by atoms with E-state index in [1.54, 1.807) is 31.4 Å². The van der Waals surface area contributed by atoms with E-state index in [4.69, 9.17) is 14.5 Å². The summed E-state index contributed by atoms with van der Waals surface area (Å²) in [5, 5.41) is 8.74. The molecule has 0 unspecified atom stereocenters. The number of aryl methyl sites for hydroxylation is 1. The number of ether oxygens (including phenoxy) is 2. The van der Waals surface area contributed by atoms with Crippen molar-refractivity contribution < 1.29 is 9.47 Å². The molecule has 1 aliphatic heterocycles. The first-order valence-corrected chi connectivity index (χ1v) is 10.4. The summed E-state index contributed by atoms with van der Waals surface area (Å²) in [5.74, 6) is 2.37. The van der Waals surface area contributed by atoms with Gasteiger partial charge in [0.1, 0.15) is 34.0 Å². The molecule has 1 atom stereocenters. The minimum absolute atomic E-state index is 0.329. The second-order valence-electron chi connectivity index (χ2n) is 8.12. The average molecular weight is 419 g/mol. The van der Waals surface area contributed by atoms with E-state index in [0.717, 1.165) is 59.1 Å². The zero-order valence-corrected chi connectivity index (χ0v) is 18.2. The number of methoxy groups -OCH3 is 2. The summed E-state index contributed by atoms with van der Waals surface area (Å²) in [4.78, 5) is 12.6. The average Bonchev–Trinajstić information content (AvgIpc) is 3.52. The number of anilines is 1. The van der Waals surface area contributed by atoms with E-state index in [1.807, 2.05) is 12.1 Å². The molecular formula is C23H26N6O2. The van der Waals surface area contributed by atoms with Crippen LogP contribution in [0.25, 0.3) is 16.7 Å². The monoisotopic (exact) mass is 418 g/mol. The normalized spacial score (nSPS) is 18.6. The van der Waals surface area contributed by atoms with Crippen molar-refractivity contribution in [2.75, 3.05) is 25.7 Å². The van der Waals surface area contributed by atoms with E-state index in [-0.39, 0.29) is 5.54 Å². The summed E-state index contributed by atoms with van der Waals surface area (Å²) in [6.45, 7) is 5.26. The van der Waals surface area contributed by atoms with Gasteiger partial charge in [-0.1, -0.05) is 6.07 Å². The number of aromatic amines is 1. The van der Waals surface area contributed by atoms with Crippen LogP contribution in [0.5, 0.6) is 11.5 Å². The Morgan fingerprint density at radius 1 is 1.00 bits per heavy atom. The molecule has 160 valence electrons. The van der Waals surface area contributed by atoms with E-state index < -0.39 is 0 Å². The Morgan fingerprint density at radius 2 is 1.74 bits per heavy atom. The van der Waals surface area contributed by atoms with Gasteiger partial charge in [-0.3, -0.25) is 0 Å². The lowest BCUT2D eigenvalue weighted by Gasteiger charge is -2.36. The van der Waals surface area contributed by atoms with Crippen molar-refractivity contribution in [3.63, 3.8) is 0 Å². The van der Waals surface area contributed by atoms with Gasteiger partial charge in [0.05, 0.1) is 37.8 Å². The van der Waals surface area contributed by atoms with Crippen LogP contribution in [0.4, 0.5) is 5.69 Å². The molecule has 4 aromatic rings. The van der Waals surface area contributed by atoms with Gasteiger partial charge in [-0.05, 0) is 56.5 Å². The molecule has 1 saturated heterocycles. The quantitative estimate of drug-likeness (QED) is 0.528. The van der Waals surface area contributed by atoms with Crippen LogP contribution in [0.1, 0.15) is 31.2 Å². The van der Waals surface area contributed by atoms with Gasteiger partial charge in [0.2, 0.25) is 0 Å². The summed E-state index contributed by atoms with van der Waals surface area (Å²) < 4.78 is 11.1. The predicted molar refractivity (Wildman–Crippen MR) is 119 cm³/mol. The summed E-state index contributed by atoms with van der Waals surface area (Å²) in [6.07, 6.45) is 5.42. The molecular weight excluding hydrogens is 392 g/mol. The maximum absolute atomic E-state index is 5.57.